The zero-order valence-corrected chi connectivity index (χ0v) is 10.7. The predicted molar refractivity (Wildman–Crippen MR) is 69.6 cm³/mol. The molecule has 0 saturated heterocycles. The van der Waals surface area contributed by atoms with E-state index < -0.39 is 0 Å². The fourth-order valence-electron chi connectivity index (χ4n) is 1.94. The average Bonchev–Trinajstić information content (AvgIpc) is 2.64. The van der Waals surface area contributed by atoms with Gasteiger partial charge in [-0.3, -0.25) is 0 Å². The van der Waals surface area contributed by atoms with Crippen LogP contribution in [-0.4, -0.2) is 15.4 Å². The van der Waals surface area contributed by atoms with Crippen molar-refractivity contribution in [2.75, 3.05) is 0 Å². The molecule has 0 bridgehead atoms. The second-order valence-corrected chi connectivity index (χ2v) is 4.64. The van der Waals surface area contributed by atoms with Crippen LogP contribution in [0.5, 0.6) is 0 Å². The summed E-state index contributed by atoms with van der Waals surface area (Å²) in [5.74, 6) is 0.524. The minimum absolute atomic E-state index is 0.524. The summed E-state index contributed by atoms with van der Waals surface area (Å²) >= 11 is 0. The molecule has 0 fully saturated rings. The lowest BCUT2D eigenvalue weighted by Crippen LogP contribution is -1.92. The van der Waals surface area contributed by atoms with Crippen LogP contribution in [0.25, 0.3) is 0 Å². The van der Waals surface area contributed by atoms with Crippen LogP contribution in [0.1, 0.15) is 31.7 Å². The first-order valence-electron chi connectivity index (χ1n) is 6.09. The summed E-state index contributed by atoms with van der Waals surface area (Å²) in [6.45, 7) is 6.36. The number of nitrogens with one attached hydrogen (secondary N) is 1. The molecule has 1 atom stereocenters. The van der Waals surface area contributed by atoms with E-state index in [0.29, 0.717) is 5.92 Å². The number of aromatic amines is 1. The van der Waals surface area contributed by atoms with Gasteiger partial charge in [-0.05, 0) is 43.8 Å². The molecule has 1 aromatic rings. The minimum Gasteiger partial charge on any atom is -0.197 e. The van der Waals surface area contributed by atoms with Crippen molar-refractivity contribution in [1.29, 1.82) is 0 Å². The van der Waals surface area contributed by atoms with Crippen LogP contribution < -0.4 is 0 Å². The number of aryl methyl sites for hydroxylation is 2. The van der Waals surface area contributed by atoms with E-state index in [0.717, 1.165) is 24.2 Å². The van der Waals surface area contributed by atoms with Crippen molar-refractivity contribution < 1.29 is 0 Å². The Hall–Kier alpha value is -1.64. The van der Waals surface area contributed by atoms with Crippen molar-refractivity contribution >= 4 is 0 Å². The van der Waals surface area contributed by atoms with E-state index in [2.05, 4.69) is 53.6 Å². The molecule has 0 aliphatic heterocycles. The summed E-state index contributed by atoms with van der Waals surface area (Å²) in [5.41, 5.74) is 4.82. The summed E-state index contributed by atoms with van der Waals surface area (Å²) < 4.78 is 0. The number of hydrogen-bond acceptors (Lipinski definition) is 2. The smallest absolute Gasteiger partial charge is 0.0857 e. The molecule has 3 nitrogen and oxygen atoms in total. The third-order valence-electron chi connectivity index (χ3n) is 3.21. The van der Waals surface area contributed by atoms with Gasteiger partial charge in [-0.25, -0.2) is 0 Å². The molecule has 1 N–H and O–H groups in total. The second kappa shape index (κ2) is 5.13. The van der Waals surface area contributed by atoms with Crippen molar-refractivity contribution in [3.05, 3.63) is 46.8 Å². The van der Waals surface area contributed by atoms with Gasteiger partial charge in [0, 0.05) is 0 Å². The Bertz CT molecular complexity index is 477. The summed E-state index contributed by atoms with van der Waals surface area (Å²) in [6, 6.07) is 0. The van der Waals surface area contributed by atoms with Crippen molar-refractivity contribution in [2.45, 2.75) is 33.6 Å². The first-order valence-corrected chi connectivity index (χ1v) is 6.09. The lowest BCUT2D eigenvalue weighted by atomic mass is 10.0. The van der Waals surface area contributed by atoms with Gasteiger partial charge in [0.1, 0.15) is 0 Å². The zero-order valence-electron chi connectivity index (χ0n) is 10.7. The molecule has 0 aromatic carbocycles. The highest BCUT2D eigenvalue weighted by Crippen LogP contribution is 2.20. The standard InChI is InChI=1S/C14H19N3/c1-10-4-6-11(2)13(7-5-10)8-9-14-12(3)15-17-16-14/h4-7,10H,8-9H2,1-3H3,(H,15,16,17). The van der Waals surface area contributed by atoms with E-state index in [1.165, 1.54) is 11.1 Å². The van der Waals surface area contributed by atoms with Crippen LogP contribution in [0.4, 0.5) is 0 Å². The summed E-state index contributed by atoms with van der Waals surface area (Å²) in [4.78, 5) is 0. The van der Waals surface area contributed by atoms with Gasteiger partial charge in [-0.15, -0.1) is 0 Å². The molecule has 1 aliphatic rings. The van der Waals surface area contributed by atoms with E-state index in [-0.39, 0.29) is 0 Å². The Labute approximate surface area is 102 Å². The second-order valence-electron chi connectivity index (χ2n) is 4.64. The van der Waals surface area contributed by atoms with Crippen LogP contribution in [0.15, 0.2) is 35.5 Å². The third kappa shape index (κ3) is 2.93. The van der Waals surface area contributed by atoms with Gasteiger partial charge < -0.3 is 0 Å². The number of rotatable bonds is 3. The molecule has 3 heteroatoms. The number of H-pyrrole nitrogens is 1. The van der Waals surface area contributed by atoms with Crippen LogP contribution in [0, 0.1) is 12.8 Å². The topological polar surface area (TPSA) is 41.6 Å². The highest BCUT2D eigenvalue weighted by Gasteiger charge is 2.06. The Morgan fingerprint density at radius 2 is 1.88 bits per heavy atom. The third-order valence-corrected chi connectivity index (χ3v) is 3.21. The van der Waals surface area contributed by atoms with Crippen molar-refractivity contribution in [3.8, 4) is 0 Å². The SMILES string of the molecule is CC1=C(CCc2n[nH]nc2C)C=CC(C)C=C1. The summed E-state index contributed by atoms with van der Waals surface area (Å²) in [7, 11) is 0. The summed E-state index contributed by atoms with van der Waals surface area (Å²) in [5, 5.41) is 10.9. The van der Waals surface area contributed by atoms with E-state index >= 15 is 0 Å². The van der Waals surface area contributed by atoms with E-state index in [1.807, 2.05) is 6.92 Å². The van der Waals surface area contributed by atoms with Crippen LogP contribution in [0.2, 0.25) is 0 Å². The largest absolute Gasteiger partial charge is 0.197 e. The van der Waals surface area contributed by atoms with Gasteiger partial charge in [-0.1, -0.05) is 31.2 Å². The lowest BCUT2D eigenvalue weighted by Gasteiger charge is -2.03. The number of hydrogen-bond donors (Lipinski definition) is 1. The van der Waals surface area contributed by atoms with Gasteiger partial charge in [0.15, 0.2) is 0 Å². The van der Waals surface area contributed by atoms with Gasteiger partial charge in [0.05, 0.1) is 11.4 Å². The van der Waals surface area contributed by atoms with E-state index in [9.17, 15) is 0 Å². The van der Waals surface area contributed by atoms with Crippen LogP contribution in [0.3, 0.4) is 0 Å². The molecular formula is C14H19N3. The molecule has 1 heterocycles. The van der Waals surface area contributed by atoms with Crippen molar-refractivity contribution in [3.63, 3.8) is 0 Å². The molecule has 1 aromatic heterocycles. The van der Waals surface area contributed by atoms with Gasteiger partial charge in [-0.2, -0.15) is 15.4 Å². The fourth-order valence-corrected chi connectivity index (χ4v) is 1.94. The van der Waals surface area contributed by atoms with Crippen molar-refractivity contribution in [2.24, 2.45) is 5.92 Å². The van der Waals surface area contributed by atoms with E-state index in [1.54, 1.807) is 0 Å². The molecule has 0 amide bonds. The maximum Gasteiger partial charge on any atom is 0.0857 e. The molecule has 17 heavy (non-hydrogen) atoms. The zero-order chi connectivity index (χ0) is 12.3. The molecular weight excluding hydrogens is 210 g/mol. The van der Waals surface area contributed by atoms with Crippen LogP contribution >= 0.6 is 0 Å². The Balaban J connectivity index is 2.06. The quantitative estimate of drug-likeness (QED) is 0.865. The maximum absolute atomic E-state index is 4.16. The molecule has 1 aliphatic carbocycles. The first kappa shape index (κ1) is 11.8. The van der Waals surface area contributed by atoms with Gasteiger partial charge >= 0.3 is 0 Å². The molecule has 0 spiro atoms. The lowest BCUT2D eigenvalue weighted by molar-refractivity contribution is 0.868. The monoisotopic (exact) mass is 229 g/mol. The first-order chi connectivity index (χ1) is 8.16. The van der Waals surface area contributed by atoms with Gasteiger partial charge in [0.2, 0.25) is 0 Å². The highest BCUT2D eigenvalue weighted by atomic mass is 15.3. The number of aromatic nitrogens is 3. The Morgan fingerprint density at radius 1 is 1.12 bits per heavy atom. The molecule has 2 rings (SSSR count). The maximum atomic E-state index is 4.16. The Morgan fingerprint density at radius 3 is 2.59 bits per heavy atom. The van der Waals surface area contributed by atoms with Crippen LogP contribution in [-0.2, 0) is 6.42 Å². The molecule has 90 valence electrons. The predicted octanol–water partition coefficient (Wildman–Crippen LogP) is 3.12. The molecule has 1 unspecified atom stereocenters. The van der Waals surface area contributed by atoms with Crippen molar-refractivity contribution in [1.82, 2.24) is 15.4 Å². The molecule has 0 saturated carbocycles. The number of nitrogens with zero attached hydrogens (tertiary/aromatic N) is 2. The minimum atomic E-state index is 0.524. The number of allylic oxidation sites excluding steroid dienone is 6. The molecule has 0 radical (unpaired) electrons. The Kier molecular flexibility index (Phi) is 3.57. The van der Waals surface area contributed by atoms with E-state index in [4.69, 9.17) is 0 Å². The van der Waals surface area contributed by atoms with Gasteiger partial charge in [0.25, 0.3) is 0 Å². The normalized spacial score (nSPS) is 19.8. The summed E-state index contributed by atoms with van der Waals surface area (Å²) in [6.07, 6.45) is 10.9. The highest BCUT2D eigenvalue weighted by molar-refractivity contribution is 5.35. The fraction of sp³-hybridized carbons (Fsp3) is 0.429. The average molecular weight is 229 g/mol.